The molecule has 6 heteroatoms. The fraction of sp³-hybridized carbons (Fsp3) is 0.500. The number of carboxylic acids is 1. The molecule has 0 radical (unpaired) electrons. The minimum atomic E-state index is -1.35. The van der Waals surface area contributed by atoms with E-state index in [1.54, 1.807) is 6.20 Å². The maximum absolute atomic E-state index is 12.5. The number of rotatable bonds is 5. The number of nitrogens with one attached hydrogen (secondary N) is 2. The van der Waals surface area contributed by atoms with Gasteiger partial charge < -0.3 is 10.1 Å². The first kappa shape index (κ1) is 10.6. The Morgan fingerprint density at radius 3 is 3.00 bits per heavy atom. The predicted octanol–water partition coefficient (Wildman–Crippen LogP) is 0.310. The van der Waals surface area contributed by atoms with Crippen molar-refractivity contribution in [3.05, 3.63) is 18.2 Å². The zero-order chi connectivity index (χ0) is 10.6. The van der Waals surface area contributed by atoms with Crippen LogP contribution in [0.5, 0.6) is 0 Å². The Morgan fingerprint density at radius 1 is 1.86 bits per heavy atom. The van der Waals surface area contributed by atoms with E-state index >= 15 is 0 Å². The number of aliphatic carboxylic acids is 1. The lowest BCUT2D eigenvalue weighted by atomic mass is 10.1. The van der Waals surface area contributed by atoms with Crippen molar-refractivity contribution in [3.8, 4) is 0 Å². The summed E-state index contributed by atoms with van der Waals surface area (Å²) in [5.41, 5.74) is 0.588. The predicted molar refractivity (Wildman–Crippen MR) is 47.4 cm³/mol. The van der Waals surface area contributed by atoms with E-state index in [1.807, 2.05) is 0 Å². The van der Waals surface area contributed by atoms with E-state index in [1.165, 1.54) is 13.3 Å². The van der Waals surface area contributed by atoms with Crippen LogP contribution in [0.4, 0.5) is 4.39 Å². The molecule has 5 nitrogen and oxygen atoms in total. The van der Waals surface area contributed by atoms with Gasteiger partial charge in [-0.25, -0.2) is 9.37 Å². The molecule has 0 fully saturated rings. The Labute approximate surface area is 80.4 Å². The minimum Gasteiger partial charge on any atom is -0.480 e. The Hall–Kier alpha value is -1.43. The lowest BCUT2D eigenvalue weighted by molar-refractivity contribution is -0.140. The van der Waals surface area contributed by atoms with Crippen molar-refractivity contribution in [1.82, 2.24) is 15.3 Å². The van der Waals surface area contributed by atoms with E-state index in [4.69, 9.17) is 5.11 Å². The van der Waals surface area contributed by atoms with Crippen LogP contribution in [0.1, 0.15) is 12.6 Å². The molecule has 0 saturated heterocycles. The second-order valence-corrected chi connectivity index (χ2v) is 2.94. The summed E-state index contributed by atoms with van der Waals surface area (Å²) in [6, 6.07) is -0.946. The third kappa shape index (κ3) is 3.14. The molecular weight excluding hydrogens is 189 g/mol. The zero-order valence-electron chi connectivity index (χ0n) is 7.70. The molecule has 1 rings (SSSR count). The monoisotopic (exact) mass is 201 g/mol. The molecule has 1 aromatic rings. The number of hydrogen-bond donors (Lipinski definition) is 3. The van der Waals surface area contributed by atoms with E-state index in [9.17, 15) is 9.18 Å². The topological polar surface area (TPSA) is 78.0 Å². The molecule has 0 spiro atoms. The van der Waals surface area contributed by atoms with E-state index in [0.29, 0.717) is 5.69 Å². The lowest BCUT2D eigenvalue weighted by Crippen LogP contribution is -2.41. The van der Waals surface area contributed by atoms with Crippen LogP contribution in [0.2, 0.25) is 0 Å². The molecule has 0 amide bonds. The van der Waals surface area contributed by atoms with E-state index < -0.39 is 18.3 Å². The van der Waals surface area contributed by atoms with Crippen molar-refractivity contribution in [3.63, 3.8) is 0 Å². The number of aromatic nitrogens is 2. The van der Waals surface area contributed by atoms with Gasteiger partial charge in [-0.05, 0) is 6.92 Å². The molecule has 78 valence electrons. The fourth-order valence-electron chi connectivity index (χ4n) is 1.11. The smallest absolute Gasteiger partial charge is 0.321 e. The summed E-state index contributed by atoms with van der Waals surface area (Å²) in [5, 5.41) is 11.1. The first-order chi connectivity index (χ1) is 6.59. The molecule has 14 heavy (non-hydrogen) atoms. The normalized spacial score (nSPS) is 15.0. The zero-order valence-corrected chi connectivity index (χ0v) is 7.70. The molecule has 1 heterocycles. The number of imidazole rings is 1. The molecule has 0 bridgehead atoms. The summed E-state index contributed by atoms with van der Waals surface area (Å²) in [5.74, 6) is -1.09. The SMILES string of the molecule is CC(F)N[C@@H](Cc1c[nH]cn1)C(=O)O. The highest BCUT2D eigenvalue weighted by molar-refractivity contribution is 5.73. The van der Waals surface area contributed by atoms with Crippen LogP contribution in [0, 0.1) is 0 Å². The molecule has 0 saturated carbocycles. The molecule has 0 aliphatic heterocycles. The summed E-state index contributed by atoms with van der Waals surface area (Å²) in [6.45, 7) is 1.25. The Bertz CT molecular complexity index is 287. The third-order valence-corrected chi connectivity index (χ3v) is 1.70. The lowest BCUT2D eigenvalue weighted by Gasteiger charge is -2.13. The summed E-state index contributed by atoms with van der Waals surface area (Å²) in [4.78, 5) is 17.3. The number of alkyl halides is 1. The van der Waals surface area contributed by atoms with Gasteiger partial charge >= 0.3 is 5.97 Å². The van der Waals surface area contributed by atoms with E-state index in [0.717, 1.165) is 0 Å². The number of aromatic amines is 1. The summed E-state index contributed by atoms with van der Waals surface area (Å²) >= 11 is 0. The second kappa shape index (κ2) is 4.71. The highest BCUT2D eigenvalue weighted by Gasteiger charge is 2.20. The van der Waals surface area contributed by atoms with Crippen LogP contribution in [0.3, 0.4) is 0 Å². The van der Waals surface area contributed by atoms with Gasteiger partial charge in [0.15, 0.2) is 0 Å². The average Bonchev–Trinajstić information content (AvgIpc) is 2.54. The van der Waals surface area contributed by atoms with Crippen LogP contribution in [-0.2, 0) is 11.2 Å². The number of carboxylic acid groups (broad SMARTS) is 1. The molecule has 3 N–H and O–H groups in total. The number of H-pyrrole nitrogens is 1. The average molecular weight is 201 g/mol. The van der Waals surface area contributed by atoms with E-state index in [2.05, 4.69) is 15.3 Å². The molecular formula is C8H12FN3O2. The van der Waals surface area contributed by atoms with E-state index in [-0.39, 0.29) is 6.42 Å². The maximum atomic E-state index is 12.5. The van der Waals surface area contributed by atoms with Gasteiger partial charge in [-0.15, -0.1) is 0 Å². The van der Waals surface area contributed by atoms with Gasteiger partial charge in [0.05, 0.1) is 12.0 Å². The van der Waals surface area contributed by atoms with Gasteiger partial charge in [0, 0.05) is 12.6 Å². The first-order valence-electron chi connectivity index (χ1n) is 4.20. The van der Waals surface area contributed by atoms with Gasteiger partial charge in [0.25, 0.3) is 0 Å². The van der Waals surface area contributed by atoms with Crippen LogP contribution in [0.15, 0.2) is 12.5 Å². The van der Waals surface area contributed by atoms with Crippen molar-refractivity contribution in [2.75, 3.05) is 0 Å². The largest absolute Gasteiger partial charge is 0.480 e. The van der Waals surface area contributed by atoms with Crippen molar-refractivity contribution < 1.29 is 14.3 Å². The molecule has 1 aromatic heterocycles. The summed E-state index contributed by atoms with van der Waals surface area (Å²) in [6.07, 6.45) is 1.84. The summed E-state index contributed by atoms with van der Waals surface area (Å²) in [7, 11) is 0. The molecule has 1 unspecified atom stereocenters. The minimum absolute atomic E-state index is 0.160. The Balaban J connectivity index is 2.56. The number of carbonyl (C=O) groups is 1. The molecule has 0 aliphatic carbocycles. The third-order valence-electron chi connectivity index (χ3n) is 1.70. The standard InChI is InChI=1S/C8H12FN3O2/c1-5(9)12-7(8(13)14)2-6-3-10-4-11-6/h3-5,7,12H,2H2,1H3,(H,10,11)(H,13,14)/t5?,7-/m0/s1. The van der Waals surface area contributed by atoms with Gasteiger partial charge in [0.2, 0.25) is 0 Å². The van der Waals surface area contributed by atoms with Crippen LogP contribution in [0.25, 0.3) is 0 Å². The number of halogens is 1. The quantitative estimate of drug-likeness (QED) is 0.599. The van der Waals surface area contributed by atoms with Gasteiger partial charge in [-0.3, -0.25) is 10.1 Å². The second-order valence-electron chi connectivity index (χ2n) is 2.94. The number of nitrogens with zero attached hydrogens (tertiary/aromatic N) is 1. The van der Waals surface area contributed by atoms with Crippen LogP contribution < -0.4 is 5.32 Å². The summed E-state index contributed by atoms with van der Waals surface area (Å²) < 4.78 is 12.5. The van der Waals surface area contributed by atoms with Gasteiger partial charge in [0.1, 0.15) is 12.3 Å². The fourth-order valence-corrected chi connectivity index (χ4v) is 1.11. The Kier molecular flexibility index (Phi) is 3.58. The number of hydrogen-bond acceptors (Lipinski definition) is 3. The molecule has 0 aliphatic rings. The molecule has 0 aromatic carbocycles. The van der Waals surface area contributed by atoms with Crippen molar-refractivity contribution >= 4 is 5.97 Å². The maximum Gasteiger partial charge on any atom is 0.321 e. The van der Waals surface area contributed by atoms with Crippen LogP contribution >= 0.6 is 0 Å². The van der Waals surface area contributed by atoms with Crippen molar-refractivity contribution in [2.45, 2.75) is 25.7 Å². The van der Waals surface area contributed by atoms with Gasteiger partial charge in [-0.1, -0.05) is 0 Å². The molecule has 2 atom stereocenters. The highest BCUT2D eigenvalue weighted by Crippen LogP contribution is 2.00. The Morgan fingerprint density at radius 2 is 2.57 bits per heavy atom. The van der Waals surface area contributed by atoms with Crippen molar-refractivity contribution in [1.29, 1.82) is 0 Å². The highest BCUT2D eigenvalue weighted by atomic mass is 19.1. The first-order valence-corrected chi connectivity index (χ1v) is 4.20. The van der Waals surface area contributed by atoms with Crippen LogP contribution in [-0.4, -0.2) is 33.4 Å². The van der Waals surface area contributed by atoms with Gasteiger partial charge in [-0.2, -0.15) is 0 Å². The van der Waals surface area contributed by atoms with Crippen molar-refractivity contribution in [2.24, 2.45) is 0 Å².